The molecule has 2 aromatic rings. The maximum absolute atomic E-state index is 13.0. The molecule has 0 spiro atoms. The van der Waals surface area contributed by atoms with Crippen LogP contribution in [-0.2, 0) is 12.7 Å². The minimum absolute atomic E-state index is 0.116. The summed E-state index contributed by atoms with van der Waals surface area (Å²) in [6, 6.07) is 1.45. The van der Waals surface area contributed by atoms with Gasteiger partial charge in [0, 0.05) is 12.6 Å². The maximum Gasteiger partial charge on any atom is 0.434 e. The molecule has 0 aliphatic carbocycles. The molecule has 5 nitrogen and oxygen atoms in total. The molecule has 0 amide bonds. The molecule has 114 valence electrons. The molecular weight excluding hydrogens is 305 g/mol. The second-order valence-corrected chi connectivity index (χ2v) is 5.10. The van der Waals surface area contributed by atoms with Crippen LogP contribution in [0.15, 0.2) is 12.4 Å². The van der Waals surface area contributed by atoms with E-state index in [9.17, 15) is 13.2 Å². The van der Waals surface area contributed by atoms with E-state index in [4.69, 9.17) is 4.74 Å². The van der Waals surface area contributed by atoms with Gasteiger partial charge in [-0.2, -0.15) is 13.2 Å². The van der Waals surface area contributed by atoms with Crippen LogP contribution in [-0.4, -0.2) is 28.6 Å². The molecule has 0 saturated heterocycles. The van der Waals surface area contributed by atoms with Gasteiger partial charge in [0.05, 0.1) is 12.0 Å². The van der Waals surface area contributed by atoms with Gasteiger partial charge in [-0.1, -0.05) is 6.92 Å². The molecule has 9 heteroatoms. The fraction of sp³-hybridized carbons (Fsp3) is 0.417. The summed E-state index contributed by atoms with van der Waals surface area (Å²) in [5.41, 5.74) is -0.568. The highest BCUT2D eigenvalue weighted by Gasteiger charge is 2.37. The zero-order valence-electron chi connectivity index (χ0n) is 11.4. The lowest BCUT2D eigenvalue weighted by molar-refractivity contribution is -0.141. The number of nitrogens with one attached hydrogen (secondary N) is 1. The Morgan fingerprint density at radius 1 is 1.33 bits per heavy atom. The van der Waals surface area contributed by atoms with E-state index in [-0.39, 0.29) is 22.3 Å². The number of thiazole rings is 1. The number of rotatable bonds is 5. The van der Waals surface area contributed by atoms with Crippen LogP contribution in [0.25, 0.3) is 10.7 Å². The number of hydrogen-bond donors (Lipinski definition) is 1. The first-order valence-electron chi connectivity index (χ1n) is 6.09. The first-order valence-corrected chi connectivity index (χ1v) is 6.91. The van der Waals surface area contributed by atoms with Crippen LogP contribution in [0.4, 0.5) is 13.2 Å². The lowest BCUT2D eigenvalue weighted by atomic mass is 10.3. The summed E-state index contributed by atoms with van der Waals surface area (Å²) in [5, 5.41) is 3.07. The lowest BCUT2D eigenvalue weighted by Crippen LogP contribution is -2.15. The predicted molar refractivity (Wildman–Crippen MR) is 72.1 cm³/mol. The van der Waals surface area contributed by atoms with Gasteiger partial charge in [-0.25, -0.2) is 15.0 Å². The van der Waals surface area contributed by atoms with Gasteiger partial charge in [0.2, 0.25) is 5.88 Å². The average Bonchev–Trinajstić information content (AvgIpc) is 2.89. The molecule has 21 heavy (non-hydrogen) atoms. The van der Waals surface area contributed by atoms with Crippen LogP contribution >= 0.6 is 11.3 Å². The number of nitrogens with zero attached hydrogens (tertiary/aromatic N) is 3. The van der Waals surface area contributed by atoms with Gasteiger partial charge in [-0.3, -0.25) is 0 Å². The van der Waals surface area contributed by atoms with Crippen LogP contribution < -0.4 is 10.1 Å². The van der Waals surface area contributed by atoms with E-state index >= 15 is 0 Å². The van der Waals surface area contributed by atoms with Gasteiger partial charge >= 0.3 is 6.18 Å². The molecule has 0 radical (unpaired) electrons. The van der Waals surface area contributed by atoms with Crippen LogP contribution in [0.2, 0.25) is 0 Å². The Balaban J connectivity index is 2.42. The van der Waals surface area contributed by atoms with Crippen molar-refractivity contribution < 1.29 is 17.9 Å². The Labute approximate surface area is 123 Å². The highest BCUT2D eigenvalue weighted by molar-refractivity contribution is 7.15. The van der Waals surface area contributed by atoms with Crippen molar-refractivity contribution in [2.45, 2.75) is 19.6 Å². The molecule has 0 aliphatic heterocycles. The monoisotopic (exact) mass is 318 g/mol. The van der Waals surface area contributed by atoms with E-state index in [1.807, 2.05) is 6.92 Å². The zero-order chi connectivity index (χ0) is 15.5. The summed E-state index contributed by atoms with van der Waals surface area (Å²) in [4.78, 5) is 11.6. The van der Waals surface area contributed by atoms with Crippen LogP contribution in [0.5, 0.6) is 5.88 Å². The third-order valence-corrected chi connectivity index (χ3v) is 3.65. The molecule has 1 N–H and O–H groups in total. The molecule has 0 aliphatic rings. The van der Waals surface area contributed by atoms with E-state index in [1.165, 1.54) is 19.5 Å². The highest BCUT2D eigenvalue weighted by Crippen LogP contribution is 2.37. The predicted octanol–water partition coefficient (Wildman–Crippen LogP) is 2.74. The molecular formula is C12H13F3N4OS. The van der Waals surface area contributed by atoms with Crippen molar-refractivity contribution in [2.75, 3.05) is 13.7 Å². The second kappa shape index (κ2) is 6.35. The summed E-state index contributed by atoms with van der Waals surface area (Å²) in [7, 11) is 1.42. The number of methoxy groups -OCH3 is 1. The lowest BCUT2D eigenvalue weighted by Gasteiger charge is -2.05. The molecule has 0 bridgehead atoms. The standard InChI is InChI=1S/C12H13F3N4OS/c1-3-16-5-8-10(12(13,14)15)19-11(21-8)7-4-9(20-2)18-6-17-7/h4,6,16H,3,5H2,1-2H3. The molecule has 0 saturated carbocycles. The molecule has 2 heterocycles. The van der Waals surface area contributed by atoms with E-state index in [2.05, 4.69) is 20.3 Å². The van der Waals surface area contributed by atoms with Crippen molar-refractivity contribution >= 4 is 11.3 Å². The quantitative estimate of drug-likeness (QED) is 0.918. The summed E-state index contributed by atoms with van der Waals surface area (Å²) in [5.74, 6) is 0.275. The second-order valence-electron chi connectivity index (χ2n) is 4.01. The SMILES string of the molecule is CCNCc1sc(-c2cc(OC)ncn2)nc1C(F)(F)F. The van der Waals surface area contributed by atoms with Crippen LogP contribution in [0.1, 0.15) is 17.5 Å². The van der Waals surface area contributed by atoms with E-state index in [0.717, 1.165) is 11.3 Å². The zero-order valence-corrected chi connectivity index (χ0v) is 12.2. The fourth-order valence-electron chi connectivity index (χ4n) is 1.61. The fourth-order valence-corrected chi connectivity index (χ4v) is 2.63. The number of alkyl halides is 3. The highest BCUT2D eigenvalue weighted by atomic mass is 32.1. The number of halogens is 3. The Morgan fingerprint density at radius 3 is 2.71 bits per heavy atom. The maximum atomic E-state index is 13.0. The summed E-state index contributed by atoms with van der Waals surface area (Å²) < 4.78 is 44.0. The van der Waals surface area contributed by atoms with Crippen LogP contribution in [0.3, 0.4) is 0 Å². The van der Waals surface area contributed by atoms with Crippen molar-refractivity contribution in [1.29, 1.82) is 0 Å². The van der Waals surface area contributed by atoms with Gasteiger partial charge in [0.1, 0.15) is 17.0 Å². The first-order chi connectivity index (χ1) is 9.95. The molecule has 0 atom stereocenters. The Bertz CT molecular complexity index is 615. The van der Waals surface area contributed by atoms with E-state index < -0.39 is 11.9 Å². The van der Waals surface area contributed by atoms with Crippen LogP contribution in [0, 0.1) is 0 Å². The van der Waals surface area contributed by atoms with Crippen molar-refractivity contribution in [3.8, 4) is 16.6 Å². The Hall–Kier alpha value is -1.74. The van der Waals surface area contributed by atoms with Gasteiger partial charge in [-0.15, -0.1) is 11.3 Å². The third-order valence-electron chi connectivity index (χ3n) is 2.57. The summed E-state index contributed by atoms with van der Waals surface area (Å²) in [6.07, 6.45) is -3.26. The number of ether oxygens (including phenoxy) is 1. The summed E-state index contributed by atoms with van der Waals surface area (Å²) >= 11 is 0.959. The minimum Gasteiger partial charge on any atom is -0.481 e. The van der Waals surface area contributed by atoms with Crippen molar-refractivity contribution in [3.63, 3.8) is 0 Å². The number of hydrogen-bond acceptors (Lipinski definition) is 6. The third kappa shape index (κ3) is 3.67. The Kier molecular flexibility index (Phi) is 4.73. The summed E-state index contributed by atoms with van der Waals surface area (Å²) in [6.45, 7) is 2.52. The largest absolute Gasteiger partial charge is 0.481 e. The van der Waals surface area contributed by atoms with Crippen molar-refractivity contribution in [1.82, 2.24) is 20.3 Å². The number of aromatic nitrogens is 3. The smallest absolute Gasteiger partial charge is 0.434 e. The van der Waals surface area contributed by atoms with Crippen molar-refractivity contribution in [2.24, 2.45) is 0 Å². The molecule has 0 fully saturated rings. The molecule has 0 unspecified atom stereocenters. The van der Waals surface area contributed by atoms with E-state index in [1.54, 1.807) is 0 Å². The van der Waals surface area contributed by atoms with Gasteiger partial charge < -0.3 is 10.1 Å². The average molecular weight is 318 g/mol. The minimum atomic E-state index is -4.49. The van der Waals surface area contributed by atoms with Gasteiger partial charge in [0.25, 0.3) is 0 Å². The van der Waals surface area contributed by atoms with Gasteiger partial charge in [0.15, 0.2) is 5.69 Å². The van der Waals surface area contributed by atoms with Crippen molar-refractivity contribution in [3.05, 3.63) is 23.0 Å². The normalized spacial score (nSPS) is 11.7. The Morgan fingerprint density at radius 2 is 2.10 bits per heavy atom. The molecule has 0 aromatic carbocycles. The topological polar surface area (TPSA) is 59.9 Å². The molecule has 2 aromatic heterocycles. The van der Waals surface area contributed by atoms with E-state index in [0.29, 0.717) is 12.2 Å². The van der Waals surface area contributed by atoms with Gasteiger partial charge in [-0.05, 0) is 6.54 Å². The first kappa shape index (κ1) is 15.6. The molecule has 2 rings (SSSR count).